The van der Waals surface area contributed by atoms with Crippen molar-refractivity contribution in [2.75, 3.05) is 0 Å². The van der Waals surface area contributed by atoms with Crippen LogP contribution in [-0.2, 0) is 0 Å². The topological polar surface area (TPSA) is 0 Å². The molecule has 0 fully saturated rings. The number of rotatable bonds is 2. The lowest BCUT2D eigenvalue weighted by molar-refractivity contribution is 0.839. The first-order valence-electron chi connectivity index (χ1n) is 2.62. The lowest BCUT2D eigenvalue weighted by atomic mass is 9.67. The van der Waals surface area contributed by atoms with Crippen LogP contribution in [0.2, 0.25) is 6.82 Å². The van der Waals surface area contributed by atoms with Crippen LogP contribution in [0.25, 0.3) is 0 Å². The van der Waals surface area contributed by atoms with Gasteiger partial charge in [-0.15, -0.1) is 0 Å². The highest BCUT2D eigenvalue weighted by atomic mass is 79.9. The summed E-state index contributed by atoms with van der Waals surface area (Å²) in [7, 11) is 2.16. The molecule has 7 heavy (non-hydrogen) atoms. The summed E-state index contributed by atoms with van der Waals surface area (Å²) in [5, 5.41) is 0. The summed E-state index contributed by atoms with van der Waals surface area (Å²) in [4.78, 5) is 0. The lowest BCUT2D eigenvalue weighted by Gasteiger charge is -2.15. The van der Waals surface area contributed by atoms with E-state index in [-0.39, 0.29) is 4.22 Å². The average Bonchev–Trinajstić information content (AvgIpc) is 1.68. The minimum absolute atomic E-state index is 0.271. The smallest absolute Gasteiger partial charge is 0.0955 e. The molecule has 0 aliphatic carbocycles. The van der Waals surface area contributed by atoms with Crippen molar-refractivity contribution in [3.63, 3.8) is 0 Å². The van der Waals surface area contributed by atoms with Crippen LogP contribution in [0.3, 0.4) is 0 Å². The zero-order chi connectivity index (χ0) is 5.91. The zero-order valence-electron chi connectivity index (χ0n) is 5.16. The Morgan fingerprint density at radius 3 is 2.14 bits per heavy atom. The van der Waals surface area contributed by atoms with Crippen LogP contribution in [0.15, 0.2) is 0 Å². The molecule has 0 aliphatic rings. The van der Waals surface area contributed by atoms with Gasteiger partial charge in [0.15, 0.2) is 0 Å². The van der Waals surface area contributed by atoms with Gasteiger partial charge in [0.25, 0.3) is 0 Å². The van der Waals surface area contributed by atoms with E-state index >= 15 is 0 Å². The van der Waals surface area contributed by atoms with Gasteiger partial charge in [0.2, 0.25) is 0 Å². The fourth-order valence-corrected chi connectivity index (χ4v) is 0.204. The highest BCUT2D eigenvalue weighted by molar-refractivity contribution is 9.10. The Morgan fingerprint density at radius 2 is 2.14 bits per heavy atom. The number of halogens is 1. The SMILES string of the molecule is C[B]C(C)(Br)CC. The second kappa shape index (κ2) is 2.76. The first kappa shape index (κ1) is 7.54. The first-order valence-corrected chi connectivity index (χ1v) is 3.41. The van der Waals surface area contributed by atoms with Crippen molar-refractivity contribution in [3.8, 4) is 0 Å². The maximum absolute atomic E-state index is 3.52. The normalized spacial score (nSPS) is 18.3. The van der Waals surface area contributed by atoms with Crippen molar-refractivity contribution >= 4 is 23.2 Å². The molecule has 0 saturated heterocycles. The number of hydrogen-bond acceptors (Lipinski definition) is 0. The third kappa shape index (κ3) is 3.16. The summed E-state index contributed by atoms with van der Waals surface area (Å²) in [6, 6.07) is 0. The van der Waals surface area contributed by atoms with E-state index in [0.29, 0.717) is 0 Å². The largest absolute Gasteiger partial charge is 0.128 e. The van der Waals surface area contributed by atoms with Crippen LogP contribution in [0.5, 0.6) is 0 Å². The molecule has 0 aromatic carbocycles. The summed E-state index contributed by atoms with van der Waals surface area (Å²) in [6.07, 6.45) is 1.16. The van der Waals surface area contributed by atoms with Crippen LogP contribution >= 0.6 is 15.9 Å². The van der Waals surface area contributed by atoms with E-state index in [1.807, 2.05) is 0 Å². The van der Waals surface area contributed by atoms with Crippen molar-refractivity contribution < 1.29 is 0 Å². The van der Waals surface area contributed by atoms with Gasteiger partial charge in [-0.25, -0.2) is 0 Å². The zero-order valence-corrected chi connectivity index (χ0v) is 6.75. The molecular weight excluding hydrogens is 151 g/mol. The second-order valence-electron chi connectivity index (χ2n) is 1.92. The predicted octanol–water partition coefficient (Wildman–Crippen LogP) is 2.26. The lowest BCUT2D eigenvalue weighted by Crippen LogP contribution is -2.20. The van der Waals surface area contributed by atoms with E-state index in [2.05, 4.69) is 43.9 Å². The predicted molar refractivity (Wildman–Crippen MR) is 39.2 cm³/mol. The van der Waals surface area contributed by atoms with Crippen LogP contribution < -0.4 is 0 Å². The van der Waals surface area contributed by atoms with E-state index in [1.54, 1.807) is 0 Å². The van der Waals surface area contributed by atoms with E-state index in [4.69, 9.17) is 0 Å². The van der Waals surface area contributed by atoms with Crippen LogP contribution in [-0.4, -0.2) is 11.5 Å². The Hall–Kier alpha value is 0.545. The van der Waals surface area contributed by atoms with Gasteiger partial charge in [-0.1, -0.05) is 36.6 Å². The molecule has 1 unspecified atom stereocenters. The summed E-state index contributed by atoms with van der Waals surface area (Å²) in [5.41, 5.74) is 0. The molecule has 0 bridgehead atoms. The van der Waals surface area contributed by atoms with Crippen molar-refractivity contribution in [1.82, 2.24) is 0 Å². The van der Waals surface area contributed by atoms with Gasteiger partial charge in [0.05, 0.1) is 0 Å². The van der Waals surface area contributed by atoms with Gasteiger partial charge < -0.3 is 0 Å². The summed E-state index contributed by atoms with van der Waals surface area (Å²) in [5.74, 6) is 0. The van der Waals surface area contributed by atoms with Gasteiger partial charge in [0.1, 0.15) is 7.28 Å². The third-order valence-electron chi connectivity index (χ3n) is 1.29. The standard InChI is InChI=1S/C5H11BBr/c1-4-5(2,7)6-3/h4H2,1-3H3. The average molecular weight is 162 g/mol. The van der Waals surface area contributed by atoms with Gasteiger partial charge in [-0.3, -0.25) is 0 Å². The first-order chi connectivity index (χ1) is 3.12. The molecule has 0 heterocycles. The quantitative estimate of drug-likeness (QED) is 0.431. The Balaban J connectivity index is 3.36. The maximum Gasteiger partial charge on any atom is 0.128 e. The van der Waals surface area contributed by atoms with E-state index < -0.39 is 0 Å². The molecule has 0 amide bonds. The van der Waals surface area contributed by atoms with Gasteiger partial charge >= 0.3 is 0 Å². The monoisotopic (exact) mass is 161 g/mol. The Kier molecular flexibility index (Phi) is 2.97. The highest BCUT2D eigenvalue weighted by Crippen LogP contribution is 2.18. The van der Waals surface area contributed by atoms with E-state index in [0.717, 1.165) is 6.42 Å². The molecule has 0 aromatic rings. The van der Waals surface area contributed by atoms with E-state index in [9.17, 15) is 0 Å². The number of alkyl halides is 1. The Labute approximate surface area is 55.1 Å². The Bertz CT molecular complexity index is 46.0. The summed E-state index contributed by atoms with van der Waals surface area (Å²) >= 11 is 3.52. The molecule has 41 valence electrons. The summed E-state index contributed by atoms with van der Waals surface area (Å²) < 4.78 is 0.271. The molecule has 0 rings (SSSR count). The molecule has 2 heteroatoms. The maximum atomic E-state index is 3.52. The molecular formula is C5H11BBr. The van der Waals surface area contributed by atoms with E-state index in [1.165, 1.54) is 0 Å². The van der Waals surface area contributed by atoms with Gasteiger partial charge in [0, 0.05) is 0 Å². The minimum atomic E-state index is 0.271. The Morgan fingerprint density at radius 1 is 1.71 bits per heavy atom. The van der Waals surface area contributed by atoms with Crippen molar-refractivity contribution in [2.24, 2.45) is 0 Å². The fraction of sp³-hybridized carbons (Fsp3) is 1.00. The van der Waals surface area contributed by atoms with Crippen molar-refractivity contribution in [2.45, 2.75) is 31.3 Å². The molecule has 0 aromatic heterocycles. The molecule has 1 atom stereocenters. The molecule has 1 radical (unpaired) electrons. The van der Waals surface area contributed by atoms with Crippen LogP contribution in [0, 0.1) is 0 Å². The minimum Gasteiger partial charge on any atom is -0.0955 e. The van der Waals surface area contributed by atoms with Gasteiger partial charge in [-0.2, -0.15) is 0 Å². The third-order valence-corrected chi connectivity index (χ3v) is 2.31. The number of hydrogen-bond donors (Lipinski definition) is 0. The summed E-state index contributed by atoms with van der Waals surface area (Å²) in [6.45, 7) is 6.39. The molecule has 0 saturated carbocycles. The molecule has 0 N–H and O–H groups in total. The molecule has 0 aliphatic heterocycles. The van der Waals surface area contributed by atoms with Crippen LogP contribution in [0.4, 0.5) is 0 Å². The van der Waals surface area contributed by atoms with Gasteiger partial charge in [-0.05, 0) is 10.6 Å². The second-order valence-corrected chi connectivity index (χ2v) is 3.73. The van der Waals surface area contributed by atoms with Crippen molar-refractivity contribution in [1.29, 1.82) is 0 Å². The molecule has 0 spiro atoms. The van der Waals surface area contributed by atoms with Crippen LogP contribution in [0.1, 0.15) is 20.3 Å². The highest BCUT2D eigenvalue weighted by Gasteiger charge is 2.13. The molecule has 0 nitrogen and oxygen atoms in total. The fourth-order valence-electron chi connectivity index (χ4n) is 0.204. The van der Waals surface area contributed by atoms with Crippen molar-refractivity contribution in [3.05, 3.63) is 0 Å².